The lowest BCUT2D eigenvalue weighted by Gasteiger charge is -2.38. The number of amides is 2. The first-order chi connectivity index (χ1) is 6.57. The zero-order valence-electron chi connectivity index (χ0n) is 8.75. The van der Waals surface area contributed by atoms with E-state index in [4.69, 9.17) is 5.11 Å². The topological polar surface area (TPSA) is 57.6 Å². The Morgan fingerprint density at radius 3 is 2.50 bits per heavy atom. The largest absolute Gasteiger partial charge is 0.465 e. The van der Waals surface area contributed by atoms with Crippen LogP contribution in [0.2, 0.25) is 0 Å². The van der Waals surface area contributed by atoms with E-state index in [1.54, 1.807) is 0 Å². The van der Waals surface area contributed by atoms with Crippen molar-refractivity contribution in [3.63, 3.8) is 0 Å². The van der Waals surface area contributed by atoms with Crippen molar-refractivity contribution in [2.75, 3.05) is 6.54 Å². The van der Waals surface area contributed by atoms with Crippen molar-refractivity contribution < 1.29 is 14.7 Å². The van der Waals surface area contributed by atoms with Crippen LogP contribution in [0.25, 0.3) is 0 Å². The minimum atomic E-state index is -1.11. The number of imide groups is 1. The van der Waals surface area contributed by atoms with Gasteiger partial charge in [0, 0.05) is 12.0 Å². The first-order valence-electron chi connectivity index (χ1n) is 5.12. The van der Waals surface area contributed by atoms with E-state index in [1.165, 1.54) is 0 Å². The van der Waals surface area contributed by atoms with Crippen LogP contribution in [0.1, 0.15) is 39.5 Å². The molecule has 80 valence electrons. The number of hydrogen-bond donors (Lipinski definition) is 1. The molecule has 1 aliphatic rings. The second kappa shape index (κ2) is 3.98. The van der Waals surface area contributed by atoms with Crippen LogP contribution in [0.5, 0.6) is 0 Å². The third-order valence-electron chi connectivity index (χ3n) is 3.32. The minimum Gasteiger partial charge on any atom is -0.465 e. The summed E-state index contributed by atoms with van der Waals surface area (Å²) < 4.78 is 0. The van der Waals surface area contributed by atoms with Crippen LogP contribution in [0.4, 0.5) is 4.79 Å². The maximum absolute atomic E-state index is 11.9. The Balaban J connectivity index is 2.89. The fourth-order valence-electron chi connectivity index (χ4n) is 2.16. The van der Waals surface area contributed by atoms with Crippen LogP contribution in [0, 0.1) is 5.41 Å². The second-order valence-electron chi connectivity index (χ2n) is 3.83. The van der Waals surface area contributed by atoms with Crippen molar-refractivity contribution in [1.29, 1.82) is 0 Å². The average molecular weight is 199 g/mol. The van der Waals surface area contributed by atoms with Gasteiger partial charge in [0.1, 0.15) is 0 Å². The Bertz CT molecular complexity index is 246. The maximum atomic E-state index is 11.9. The van der Waals surface area contributed by atoms with Gasteiger partial charge in [0.2, 0.25) is 5.91 Å². The Hall–Kier alpha value is -1.06. The summed E-state index contributed by atoms with van der Waals surface area (Å²) in [5.74, 6) is -0.207. The van der Waals surface area contributed by atoms with Gasteiger partial charge in [-0.15, -0.1) is 0 Å². The fraction of sp³-hybridized carbons (Fsp3) is 0.800. The van der Waals surface area contributed by atoms with E-state index in [0.29, 0.717) is 6.54 Å². The van der Waals surface area contributed by atoms with Crippen LogP contribution < -0.4 is 0 Å². The summed E-state index contributed by atoms with van der Waals surface area (Å²) in [5.41, 5.74) is -0.420. The Morgan fingerprint density at radius 2 is 2.07 bits per heavy atom. The van der Waals surface area contributed by atoms with Crippen LogP contribution in [-0.2, 0) is 4.79 Å². The molecule has 0 radical (unpaired) electrons. The van der Waals surface area contributed by atoms with E-state index in [9.17, 15) is 9.59 Å². The van der Waals surface area contributed by atoms with E-state index in [0.717, 1.165) is 30.6 Å². The van der Waals surface area contributed by atoms with Crippen LogP contribution in [0.3, 0.4) is 0 Å². The third-order valence-corrected chi connectivity index (χ3v) is 3.32. The zero-order chi connectivity index (χ0) is 10.8. The quantitative estimate of drug-likeness (QED) is 0.740. The van der Waals surface area contributed by atoms with E-state index in [2.05, 4.69) is 0 Å². The van der Waals surface area contributed by atoms with Crippen molar-refractivity contribution in [2.24, 2.45) is 5.41 Å². The number of likely N-dealkylation sites (tertiary alicyclic amines) is 1. The SMILES string of the molecule is CCC1(CC)CCCN(C(=O)O)C1=O. The first-order valence-corrected chi connectivity index (χ1v) is 5.12. The van der Waals surface area contributed by atoms with E-state index in [-0.39, 0.29) is 5.91 Å². The highest BCUT2D eigenvalue weighted by molar-refractivity contribution is 5.95. The Morgan fingerprint density at radius 1 is 1.50 bits per heavy atom. The molecule has 14 heavy (non-hydrogen) atoms. The van der Waals surface area contributed by atoms with Crippen molar-refractivity contribution in [3.8, 4) is 0 Å². The molecule has 0 atom stereocenters. The molecule has 0 bridgehead atoms. The molecule has 0 unspecified atom stereocenters. The molecule has 2 amide bonds. The lowest BCUT2D eigenvalue weighted by atomic mass is 9.75. The highest BCUT2D eigenvalue weighted by Gasteiger charge is 2.43. The van der Waals surface area contributed by atoms with Crippen LogP contribution in [0.15, 0.2) is 0 Å². The van der Waals surface area contributed by atoms with Gasteiger partial charge in [-0.2, -0.15) is 0 Å². The molecule has 1 aliphatic heterocycles. The molecule has 1 saturated heterocycles. The van der Waals surface area contributed by atoms with E-state index < -0.39 is 11.5 Å². The fourth-order valence-corrected chi connectivity index (χ4v) is 2.16. The van der Waals surface area contributed by atoms with Gasteiger partial charge in [-0.1, -0.05) is 13.8 Å². The number of carboxylic acid groups (broad SMARTS) is 1. The molecule has 0 aromatic heterocycles. The van der Waals surface area contributed by atoms with Gasteiger partial charge in [-0.3, -0.25) is 4.79 Å². The van der Waals surface area contributed by atoms with Gasteiger partial charge in [0.25, 0.3) is 0 Å². The summed E-state index contributed by atoms with van der Waals surface area (Å²) in [6.07, 6.45) is 1.96. The first kappa shape index (κ1) is 11.0. The summed E-state index contributed by atoms with van der Waals surface area (Å²) in [6, 6.07) is 0. The smallest absolute Gasteiger partial charge is 0.414 e. The molecule has 1 rings (SSSR count). The minimum absolute atomic E-state index is 0.207. The molecule has 1 N–H and O–H groups in total. The molecule has 1 fully saturated rings. The molecule has 0 aromatic rings. The lowest BCUT2D eigenvalue weighted by Crippen LogP contribution is -2.50. The molecular weight excluding hydrogens is 182 g/mol. The predicted octanol–water partition coefficient (Wildman–Crippen LogP) is 2.09. The van der Waals surface area contributed by atoms with E-state index >= 15 is 0 Å². The van der Waals surface area contributed by atoms with Gasteiger partial charge in [-0.25, -0.2) is 9.69 Å². The number of rotatable bonds is 2. The highest BCUT2D eigenvalue weighted by atomic mass is 16.4. The van der Waals surface area contributed by atoms with E-state index in [1.807, 2.05) is 13.8 Å². The lowest BCUT2D eigenvalue weighted by molar-refractivity contribution is -0.144. The van der Waals surface area contributed by atoms with Crippen LogP contribution in [-0.4, -0.2) is 28.6 Å². The molecule has 4 nitrogen and oxygen atoms in total. The number of hydrogen-bond acceptors (Lipinski definition) is 2. The summed E-state index contributed by atoms with van der Waals surface area (Å²) in [4.78, 5) is 23.7. The Labute approximate surface area is 83.9 Å². The van der Waals surface area contributed by atoms with Gasteiger partial charge in [0.05, 0.1) is 0 Å². The molecule has 0 aliphatic carbocycles. The van der Waals surface area contributed by atoms with Crippen LogP contribution >= 0.6 is 0 Å². The van der Waals surface area contributed by atoms with Gasteiger partial charge in [-0.05, 0) is 25.7 Å². The van der Waals surface area contributed by atoms with Crippen molar-refractivity contribution in [2.45, 2.75) is 39.5 Å². The average Bonchev–Trinajstić information content (AvgIpc) is 2.18. The zero-order valence-corrected chi connectivity index (χ0v) is 8.75. The summed E-state index contributed by atoms with van der Waals surface area (Å²) in [6.45, 7) is 4.26. The standard InChI is InChI=1S/C10H17NO3/c1-3-10(4-2)6-5-7-11(8(10)12)9(13)14/h3-7H2,1-2H3,(H,13,14). The number of carbonyl (C=O) groups is 2. The number of carbonyl (C=O) groups excluding carboxylic acids is 1. The molecule has 0 spiro atoms. The van der Waals surface area contributed by atoms with Gasteiger partial charge < -0.3 is 5.11 Å². The highest BCUT2D eigenvalue weighted by Crippen LogP contribution is 2.37. The second-order valence-corrected chi connectivity index (χ2v) is 3.83. The molecule has 0 aromatic carbocycles. The molecular formula is C10H17NO3. The summed E-state index contributed by atoms with van der Waals surface area (Å²) in [7, 11) is 0. The number of nitrogens with zero attached hydrogens (tertiary/aromatic N) is 1. The van der Waals surface area contributed by atoms with Crippen molar-refractivity contribution in [1.82, 2.24) is 4.90 Å². The third kappa shape index (κ3) is 1.61. The molecule has 0 saturated carbocycles. The van der Waals surface area contributed by atoms with Crippen molar-refractivity contribution >= 4 is 12.0 Å². The van der Waals surface area contributed by atoms with Crippen molar-refractivity contribution in [3.05, 3.63) is 0 Å². The van der Waals surface area contributed by atoms with Gasteiger partial charge in [0.15, 0.2) is 0 Å². The molecule has 4 heteroatoms. The summed E-state index contributed by atoms with van der Waals surface area (Å²) in [5, 5.41) is 8.84. The monoisotopic (exact) mass is 199 g/mol. The predicted molar refractivity (Wildman–Crippen MR) is 52.0 cm³/mol. The number of piperidine rings is 1. The molecule has 1 heterocycles. The van der Waals surface area contributed by atoms with Gasteiger partial charge >= 0.3 is 6.09 Å². The normalized spacial score (nSPS) is 21.0. The summed E-state index contributed by atoms with van der Waals surface area (Å²) >= 11 is 0. The maximum Gasteiger partial charge on any atom is 0.414 e. The Kier molecular flexibility index (Phi) is 3.13.